The Kier molecular flexibility index (Phi) is 2.52. The number of nitro groups is 1. The van der Waals surface area contributed by atoms with Crippen molar-refractivity contribution >= 4 is 5.78 Å². The van der Waals surface area contributed by atoms with E-state index >= 15 is 0 Å². The number of carbonyl (C=O) groups is 1. The second kappa shape index (κ2) is 4.09. The zero-order chi connectivity index (χ0) is 16.6. The Morgan fingerprint density at radius 1 is 1.30 bits per heavy atom. The van der Waals surface area contributed by atoms with E-state index in [-0.39, 0.29) is 16.9 Å². The van der Waals surface area contributed by atoms with E-state index in [9.17, 15) is 25.1 Å². The molecular formula is C15H15N3O5. The molecule has 1 aromatic rings. The quantitative estimate of drug-likeness (QED) is 0.577. The molecule has 1 aliphatic carbocycles. The molecule has 3 aliphatic rings. The molecule has 1 aromatic carbocycles. The summed E-state index contributed by atoms with van der Waals surface area (Å²) < 4.78 is 0. The third-order valence-corrected chi connectivity index (χ3v) is 5.04. The van der Waals surface area contributed by atoms with Crippen molar-refractivity contribution in [3.05, 3.63) is 57.0 Å². The summed E-state index contributed by atoms with van der Waals surface area (Å²) in [6.07, 6.45) is 0. The number of aliphatic hydroxyl groups is 2. The van der Waals surface area contributed by atoms with E-state index < -0.39 is 27.7 Å². The monoisotopic (exact) mass is 317 g/mol. The summed E-state index contributed by atoms with van der Waals surface area (Å²) in [5, 5.41) is 34.0. The van der Waals surface area contributed by atoms with Crippen LogP contribution in [0.1, 0.15) is 22.8 Å². The van der Waals surface area contributed by atoms with Crippen LogP contribution in [0.5, 0.6) is 0 Å². The summed E-state index contributed by atoms with van der Waals surface area (Å²) >= 11 is 0. The normalized spacial score (nSPS) is 31.5. The van der Waals surface area contributed by atoms with E-state index in [1.165, 1.54) is 17.0 Å². The average Bonchev–Trinajstić information content (AvgIpc) is 3.08. The van der Waals surface area contributed by atoms with Crippen molar-refractivity contribution in [3.8, 4) is 0 Å². The third-order valence-electron chi connectivity index (χ3n) is 5.04. The molecule has 4 rings (SSSR count). The number of likely N-dealkylation sites (N-methyl/N-ethyl adjacent to an activating group) is 1. The Hall–Kier alpha value is -2.45. The predicted octanol–water partition coefficient (Wildman–Crippen LogP) is -0.144. The number of rotatable bonds is 2. The van der Waals surface area contributed by atoms with E-state index in [1.807, 2.05) is 6.92 Å². The molecule has 2 aliphatic heterocycles. The Morgan fingerprint density at radius 3 is 2.65 bits per heavy atom. The second-order valence-corrected chi connectivity index (χ2v) is 5.92. The van der Waals surface area contributed by atoms with Crippen molar-refractivity contribution in [3.63, 3.8) is 0 Å². The van der Waals surface area contributed by atoms with E-state index in [0.29, 0.717) is 19.6 Å². The minimum Gasteiger partial charge on any atom is -0.368 e. The first-order valence-corrected chi connectivity index (χ1v) is 7.39. The van der Waals surface area contributed by atoms with Gasteiger partial charge >= 0.3 is 5.70 Å². The maximum Gasteiger partial charge on any atom is 0.331 e. The molecule has 0 aromatic heterocycles. The van der Waals surface area contributed by atoms with E-state index in [2.05, 4.69) is 0 Å². The molecule has 2 unspecified atom stereocenters. The molecule has 8 heteroatoms. The number of benzene rings is 1. The van der Waals surface area contributed by atoms with Gasteiger partial charge < -0.3 is 20.0 Å². The lowest BCUT2D eigenvalue weighted by Crippen LogP contribution is -2.57. The average molecular weight is 317 g/mol. The number of fused-ring (bicyclic) bond motifs is 5. The molecule has 23 heavy (non-hydrogen) atoms. The van der Waals surface area contributed by atoms with Gasteiger partial charge in [0.15, 0.2) is 5.82 Å². The van der Waals surface area contributed by atoms with Crippen LogP contribution in [0.3, 0.4) is 0 Å². The first-order chi connectivity index (χ1) is 10.9. The van der Waals surface area contributed by atoms with Crippen molar-refractivity contribution in [1.29, 1.82) is 0 Å². The van der Waals surface area contributed by atoms with Crippen molar-refractivity contribution in [1.82, 2.24) is 9.80 Å². The molecule has 0 amide bonds. The van der Waals surface area contributed by atoms with Gasteiger partial charge in [-0.3, -0.25) is 14.9 Å². The van der Waals surface area contributed by atoms with Crippen LogP contribution in [0.4, 0.5) is 0 Å². The van der Waals surface area contributed by atoms with Crippen LogP contribution in [-0.2, 0) is 5.72 Å². The SMILES string of the molecule is CCN1CCN2C1=C([N+](=O)[O-])C1(O)C(=O)c3ccccc3C21O. The first kappa shape index (κ1) is 14.2. The van der Waals surface area contributed by atoms with Gasteiger partial charge in [0.25, 0.3) is 5.60 Å². The van der Waals surface area contributed by atoms with E-state index in [0.717, 1.165) is 0 Å². The lowest BCUT2D eigenvalue weighted by Gasteiger charge is -2.36. The summed E-state index contributed by atoms with van der Waals surface area (Å²) in [5.74, 6) is -0.703. The van der Waals surface area contributed by atoms with E-state index in [4.69, 9.17) is 0 Å². The zero-order valence-electron chi connectivity index (χ0n) is 12.4. The van der Waals surface area contributed by atoms with Crippen molar-refractivity contribution in [2.45, 2.75) is 18.2 Å². The van der Waals surface area contributed by atoms with Crippen LogP contribution in [0.15, 0.2) is 35.8 Å². The van der Waals surface area contributed by atoms with Crippen LogP contribution in [-0.4, -0.2) is 56.0 Å². The molecule has 120 valence electrons. The van der Waals surface area contributed by atoms with Crippen LogP contribution in [0.25, 0.3) is 0 Å². The highest BCUT2D eigenvalue weighted by atomic mass is 16.6. The highest BCUT2D eigenvalue weighted by Crippen LogP contribution is 2.58. The van der Waals surface area contributed by atoms with Crippen molar-refractivity contribution in [2.75, 3.05) is 19.6 Å². The summed E-state index contributed by atoms with van der Waals surface area (Å²) in [6, 6.07) is 6.23. The molecule has 8 nitrogen and oxygen atoms in total. The van der Waals surface area contributed by atoms with Crippen LogP contribution in [0, 0.1) is 10.1 Å². The lowest BCUT2D eigenvalue weighted by atomic mass is 9.89. The molecule has 0 bridgehead atoms. The molecule has 2 atom stereocenters. The number of hydrogen-bond donors (Lipinski definition) is 2. The van der Waals surface area contributed by atoms with Gasteiger partial charge in [-0.25, -0.2) is 0 Å². The smallest absolute Gasteiger partial charge is 0.331 e. The standard InChI is InChI=1S/C15H15N3O5/c1-2-16-7-8-17-13(16)11(18(22)23)14(20)12(19)9-5-3-4-6-10(9)15(14,17)21/h3-6,20-21H,2,7-8H2,1H3. The maximum absolute atomic E-state index is 12.8. The Labute approximate surface area is 131 Å². The summed E-state index contributed by atoms with van der Waals surface area (Å²) in [6.45, 7) is 3.08. The van der Waals surface area contributed by atoms with Gasteiger partial charge in [-0.15, -0.1) is 0 Å². The molecule has 1 saturated heterocycles. The molecule has 1 fully saturated rings. The zero-order valence-corrected chi connectivity index (χ0v) is 12.4. The van der Waals surface area contributed by atoms with Gasteiger partial charge in [0, 0.05) is 30.8 Å². The summed E-state index contributed by atoms with van der Waals surface area (Å²) in [7, 11) is 0. The minimum atomic E-state index is -2.59. The fraction of sp³-hybridized carbons (Fsp3) is 0.400. The highest BCUT2D eigenvalue weighted by molar-refractivity contribution is 6.10. The van der Waals surface area contributed by atoms with Gasteiger partial charge in [-0.2, -0.15) is 0 Å². The van der Waals surface area contributed by atoms with Gasteiger partial charge in [0.1, 0.15) is 0 Å². The number of hydrogen-bond acceptors (Lipinski definition) is 7. The first-order valence-electron chi connectivity index (χ1n) is 7.39. The summed E-state index contributed by atoms with van der Waals surface area (Å²) in [4.78, 5) is 26.7. The molecule has 0 saturated carbocycles. The van der Waals surface area contributed by atoms with Crippen molar-refractivity contribution < 1.29 is 19.9 Å². The van der Waals surface area contributed by atoms with E-state index in [1.54, 1.807) is 17.0 Å². The molecule has 2 N–H and O–H groups in total. The Morgan fingerprint density at radius 2 is 2.00 bits per heavy atom. The van der Waals surface area contributed by atoms with Crippen LogP contribution < -0.4 is 0 Å². The molecular weight excluding hydrogens is 302 g/mol. The molecule has 0 spiro atoms. The van der Waals surface area contributed by atoms with Crippen LogP contribution in [0.2, 0.25) is 0 Å². The number of ketones is 1. The number of Topliss-reactive ketones (excluding diaryl/α,β-unsaturated/α-hetero) is 1. The Balaban J connectivity index is 2.06. The largest absolute Gasteiger partial charge is 0.368 e. The number of nitrogens with zero attached hydrogens (tertiary/aromatic N) is 3. The van der Waals surface area contributed by atoms with Crippen LogP contribution >= 0.6 is 0 Å². The van der Waals surface area contributed by atoms with Crippen molar-refractivity contribution in [2.24, 2.45) is 0 Å². The fourth-order valence-electron chi connectivity index (χ4n) is 4.03. The van der Waals surface area contributed by atoms with Gasteiger partial charge in [0.05, 0.1) is 4.92 Å². The highest BCUT2D eigenvalue weighted by Gasteiger charge is 2.78. The molecule has 0 radical (unpaired) electrons. The summed E-state index contributed by atoms with van der Waals surface area (Å²) in [5.41, 5.74) is -5.04. The van der Waals surface area contributed by atoms with Gasteiger partial charge in [0.2, 0.25) is 11.5 Å². The molecule has 2 heterocycles. The maximum atomic E-state index is 12.8. The predicted molar refractivity (Wildman–Crippen MR) is 77.6 cm³/mol. The van der Waals surface area contributed by atoms with Gasteiger partial charge in [-0.05, 0) is 6.92 Å². The third kappa shape index (κ3) is 1.28. The number of carbonyl (C=O) groups excluding carboxylic acids is 1. The van der Waals surface area contributed by atoms with Gasteiger partial charge in [-0.1, -0.05) is 24.3 Å². The Bertz CT molecular complexity index is 791. The second-order valence-electron chi connectivity index (χ2n) is 5.92. The fourth-order valence-corrected chi connectivity index (χ4v) is 4.03. The topological polar surface area (TPSA) is 107 Å². The minimum absolute atomic E-state index is 0.117. The lowest BCUT2D eigenvalue weighted by molar-refractivity contribution is -0.445.